The zero-order valence-corrected chi connectivity index (χ0v) is 46.4. The van der Waals surface area contributed by atoms with Gasteiger partial charge in [0.15, 0.2) is 0 Å². The molecule has 0 atom stereocenters. The number of nitrogens with zero attached hydrogens (tertiary/aromatic N) is 3. The van der Waals surface area contributed by atoms with Gasteiger partial charge < -0.3 is 14.2 Å². The molecule has 0 fully saturated rings. The summed E-state index contributed by atoms with van der Waals surface area (Å²) >= 11 is 0. The van der Waals surface area contributed by atoms with Crippen LogP contribution < -0.4 is 31.1 Å². The summed E-state index contributed by atoms with van der Waals surface area (Å²) in [5, 5.41) is 1.20. The second kappa shape index (κ2) is 17.8. The molecule has 3 heterocycles. The van der Waals surface area contributed by atoms with E-state index in [1.54, 1.807) is 0 Å². The van der Waals surface area contributed by atoms with E-state index >= 15 is 0 Å². The van der Waals surface area contributed by atoms with Crippen LogP contribution in [-0.2, 0) is 21.7 Å². The molecule has 380 valence electrons. The average molecular weight is 1000 g/mol. The highest BCUT2D eigenvalue weighted by atomic mass is 16.4. The van der Waals surface area contributed by atoms with E-state index in [-0.39, 0.29) is 28.4 Å². The summed E-state index contributed by atoms with van der Waals surface area (Å²) in [6, 6.07) is 76.9. The van der Waals surface area contributed by atoms with E-state index in [2.05, 4.69) is 290 Å². The summed E-state index contributed by atoms with van der Waals surface area (Å²) in [5.41, 5.74) is 23.5. The highest BCUT2D eigenvalue weighted by Crippen LogP contribution is 2.54. The van der Waals surface area contributed by atoms with Crippen molar-refractivity contribution in [1.29, 1.82) is 0 Å². The number of furan rings is 1. The number of hydrogen-bond acceptors (Lipinski definition) is 4. The first-order valence-corrected chi connectivity index (χ1v) is 27.7. The first kappa shape index (κ1) is 48.6. The maximum absolute atomic E-state index is 7.67. The van der Waals surface area contributed by atoms with Crippen LogP contribution in [0.2, 0.25) is 0 Å². The molecule has 4 nitrogen and oxygen atoms in total. The van der Waals surface area contributed by atoms with Gasteiger partial charge in [-0.15, -0.1) is 0 Å². The number of hydrogen-bond donors (Lipinski definition) is 0. The predicted octanol–water partition coefficient (Wildman–Crippen LogP) is 18.3. The number of para-hydroxylation sites is 3. The minimum atomic E-state index is -0.212. The Morgan fingerprint density at radius 1 is 0.429 bits per heavy atom. The van der Waals surface area contributed by atoms with Crippen LogP contribution in [0.25, 0.3) is 33.2 Å². The molecule has 3 aliphatic rings. The van der Waals surface area contributed by atoms with Crippen LogP contribution in [0.4, 0.5) is 51.4 Å². The van der Waals surface area contributed by atoms with E-state index in [9.17, 15) is 0 Å². The summed E-state index contributed by atoms with van der Waals surface area (Å²) in [6.45, 7) is 23.6. The summed E-state index contributed by atoms with van der Waals surface area (Å²) in [4.78, 5) is 7.49. The molecule has 10 aromatic rings. The fourth-order valence-electron chi connectivity index (χ4n) is 12.8. The van der Waals surface area contributed by atoms with Crippen molar-refractivity contribution < 1.29 is 4.42 Å². The molecule has 1 aromatic heterocycles. The molecule has 1 aliphatic carbocycles. The van der Waals surface area contributed by atoms with Gasteiger partial charge in [-0.1, -0.05) is 191 Å². The molecule has 13 rings (SSSR count). The summed E-state index contributed by atoms with van der Waals surface area (Å²) in [6.07, 6.45) is 2.26. The Hall–Kier alpha value is -8.02. The van der Waals surface area contributed by atoms with E-state index < -0.39 is 0 Å². The molecule has 0 N–H and O–H groups in total. The molecule has 0 amide bonds. The Kier molecular flexibility index (Phi) is 11.2. The summed E-state index contributed by atoms with van der Waals surface area (Å²) in [5.74, 6) is 0.896. The molecule has 0 unspecified atom stereocenters. The zero-order valence-electron chi connectivity index (χ0n) is 46.4. The van der Waals surface area contributed by atoms with Gasteiger partial charge in [0.05, 0.1) is 11.4 Å². The van der Waals surface area contributed by atoms with Crippen LogP contribution >= 0.6 is 0 Å². The minimum absolute atomic E-state index is 0.00334. The molecule has 0 spiro atoms. The van der Waals surface area contributed by atoms with E-state index in [0.717, 1.165) is 69.6 Å². The SMILES string of the molecule is CC(C)(C)c1ccc(N2c3cc(C(C)(C)C)cc4c3B(c3ccccc3N4c3ccc(N(c4ccccc4)c4ccccc4)cc3-c3ccccc3)c3c2oc2cc4c(cc32)C(C)(C)CCC4(C)C)c(-c2ccccc2)c1. The number of fused-ring (bicyclic) bond motifs is 7. The molecule has 77 heavy (non-hydrogen) atoms. The van der Waals surface area contributed by atoms with Crippen molar-refractivity contribution in [2.45, 2.75) is 104 Å². The van der Waals surface area contributed by atoms with Crippen LogP contribution in [0.1, 0.15) is 104 Å². The Morgan fingerprint density at radius 3 is 1.51 bits per heavy atom. The standard InChI is InChI=1S/C72H68BN3O/c1-69(2,3)49-35-37-61(54(41-49)47-25-15-11-16-26-47)76-64-43-50(70(4,5)6)42-63-67(64)73(66-56-45-57-58(46-65(56)77-68(66)76)72(9,10)40-39-71(57,7)8)59-33-23-24-34-62(59)75(63)60-38-36-53(44-55(60)48-27-17-12-18-28-48)74(51-29-19-13-20-30-51)52-31-21-14-22-32-52/h11-38,41-46H,39-40H2,1-10H3. The smallest absolute Gasteiger partial charge is 0.257 e. The fourth-order valence-corrected chi connectivity index (χ4v) is 12.8. The molecular formula is C72H68BN3O. The second-order valence-electron chi connectivity index (χ2n) is 25.2. The minimum Gasteiger partial charge on any atom is -0.440 e. The number of rotatable bonds is 7. The van der Waals surface area contributed by atoms with Crippen LogP contribution in [0.15, 0.2) is 211 Å². The predicted molar refractivity (Wildman–Crippen MR) is 328 cm³/mol. The van der Waals surface area contributed by atoms with Gasteiger partial charge in [0.1, 0.15) is 5.58 Å². The van der Waals surface area contributed by atoms with Crippen molar-refractivity contribution in [3.05, 3.63) is 229 Å². The molecule has 0 bridgehead atoms. The topological polar surface area (TPSA) is 22.9 Å². The Balaban J connectivity index is 1.15. The maximum Gasteiger partial charge on any atom is 0.257 e. The quantitative estimate of drug-likeness (QED) is 0.148. The summed E-state index contributed by atoms with van der Waals surface area (Å²) in [7, 11) is 0. The first-order chi connectivity index (χ1) is 37.0. The van der Waals surface area contributed by atoms with Crippen molar-refractivity contribution >= 4 is 85.5 Å². The third-order valence-corrected chi connectivity index (χ3v) is 17.2. The van der Waals surface area contributed by atoms with Crippen molar-refractivity contribution in [3.63, 3.8) is 0 Å². The van der Waals surface area contributed by atoms with Crippen LogP contribution in [0.3, 0.4) is 0 Å². The molecule has 0 saturated heterocycles. The van der Waals surface area contributed by atoms with Gasteiger partial charge in [-0.2, -0.15) is 0 Å². The van der Waals surface area contributed by atoms with Crippen molar-refractivity contribution in [2.24, 2.45) is 0 Å². The van der Waals surface area contributed by atoms with Gasteiger partial charge in [-0.3, -0.25) is 4.90 Å². The monoisotopic (exact) mass is 1000 g/mol. The highest BCUT2D eigenvalue weighted by molar-refractivity contribution is 7.01. The lowest BCUT2D eigenvalue weighted by molar-refractivity contribution is 0.332. The highest BCUT2D eigenvalue weighted by Gasteiger charge is 2.48. The van der Waals surface area contributed by atoms with Crippen molar-refractivity contribution in [3.8, 4) is 22.3 Å². The van der Waals surface area contributed by atoms with Gasteiger partial charge in [0.25, 0.3) is 6.71 Å². The molecule has 9 aromatic carbocycles. The van der Waals surface area contributed by atoms with Crippen LogP contribution in [0, 0.1) is 0 Å². The first-order valence-electron chi connectivity index (χ1n) is 27.7. The average Bonchev–Trinajstić information content (AvgIpc) is 4.10. The Morgan fingerprint density at radius 2 is 0.922 bits per heavy atom. The van der Waals surface area contributed by atoms with E-state index in [4.69, 9.17) is 4.42 Å². The van der Waals surface area contributed by atoms with Gasteiger partial charge in [0.2, 0.25) is 5.88 Å². The third kappa shape index (κ3) is 8.03. The lowest BCUT2D eigenvalue weighted by Crippen LogP contribution is -2.61. The van der Waals surface area contributed by atoms with Crippen LogP contribution in [0.5, 0.6) is 0 Å². The molecule has 2 aliphatic heterocycles. The van der Waals surface area contributed by atoms with E-state index in [1.165, 1.54) is 66.5 Å². The fraction of sp³-hybridized carbons (Fsp3) is 0.222. The van der Waals surface area contributed by atoms with Crippen molar-refractivity contribution in [2.75, 3.05) is 14.7 Å². The number of benzene rings is 9. The Bertz CT molecular complexity index is 3860. The summed E-state index contributed by atoms with van der Waals surface area (Å²) < 4.78 is 7.67. The molecular weight excluding hydrogens is 934 g/mol. The Labute approximate surface area is 456 Å². The van der Waals surface area contributed by atoms with Crippen molar-refractivity contribution in [1.82, 2.24) is 0 Å². The lowest BCUT2D eigenvalue weighted by Gasteiger charge is -2.44. The van der Waals surface area contributed by atoms with Crippen LogP contribution in [-0.4, -0.2) is 6.71 Å². The lowest BCUT2D eigenvalue weighted by atomic mass is 9.33. The van der Waals surface area contributed by atoms with E-state index in [1.807, 2.05) is 0 Å². The largest absolute Gasteiger partial charge is 0.440 e. The molecule has 5 heteroatoms. The van der Waals surface area contributed by atoms with Gasteiger partial charge in [0, 0.05) is 56.1 Å². The normalized spacial score (nSPS) is 15.2. The van der Waals surface area contributed by atoms with Gasteiger partial charge in [-0.25, -0.2) is 0 Å². The van der Waals surface area contributed by atoms with Gasteiger partial charge >= 0.3 is 0 Å². The van der Waals surface area contributed by atoms with Gasteiger partial charge in [-0.05, 0) is 164 Å². The second-order valence-corrected chi connectivity index (χ2v) is 25.2. The third-order valence-electron chi connectivity index (χ3n) is 17.2. The zero-order chi connectivity index (χ0) is 53.2. The molecule has 0 radical (unpaired) electrons. The maximum atomic E-state index is 7.67. The van der Waals surface area contributed by atoms with E-state index in [0.29, 0.717) is 0 Å². The molecule has 0 saturated carbocycles. The number of anilines is 9.